The number of esters is 1. The molecule has 1 amide bonds. The molecule has 0 radical (unpaired) electrons. The van der Waals surface area contributed by atoms with Crippen molar-refractivity contribution in [2.75, 3.05) is 18.5 Å². The molecule has 20 heavy (non-hydrogen) atoms. The van der Waals surface area contributed by atoms with Gasteiger partial charge in [-0.25, -0.2) is 0 Å². The number of nitrogens with one attached hydrogen (secondary N) is 1. The van der Waals surface area contributed by atoms with E-state index in [0.29, 0.717) is 26.0 Å². The summed E-state index contributed by atoms with van der Waals surface area (Å²) >= 11 is 0. The summed E-state index contributed by atoms with van der Waals surface area (Å²) < 4.78 is 4.87. The van der Waals surface area contributed by atoms with Crippen molar-refractivity contribution >= 4 is 17.6 Å². The number of rotatable bonds is 7. The standard InChI is InChI=1S/C15H22N2O3/c1-3-20-14(18)9-6-12-4-7-13(8-5-12)17-15(19)11(2)10-16/h4-5,7-8,11H,3,6,9-10,16H2,1-2H3,(H,17,19). The van der Waals surface area contributed by atoms with Crippen LogP contribution in [-0.2, 0) is 20.7 Å². The third kappa shape index (κ3) is 5.40. The van der Waals surface area contributed by atoms with E-state index in [2.05, 4.69) is 5.32 Å². The minimum absolute atomic E-state index is 0.0910. The lowest BCUT2D eigenvalue weighted by Crippen LogP contribution is -2.26. The fourth-order valence-corrected chi connectivity index (χ4v) is 1.61. The third-order valence-corrected chi connectivity index (χ3v) is 2.95. The van der Waals surface area contributed by atoms with Crippen molar-refractivity contribution in [2.45, 2.75) is 26.7 Å². The van der Waals surface area contributed by atoms with Crippen molar-refractivity contribution in [3.63, 3.8) is 0 Å². The molecule has 0 aliphatic heterocycles. The molecule has 1 rings (SSSR count). The van der Waals surface area contributed by atoms with E-state index in [1.54, 1.807) is 13.8 Å². The number of nitrogens with two attached hydrogens (primary N) is 1. The molecule has 0 fully saturated rings. The molecular formula is C15H22N2O3. The van der Waals surface area contributed by atoms with Gasteiger partial charge in [0.25, 0.3) is 0 Å². The van der Waals surface area contributed by atoms with Gasteiger partial charge in [0.1, 0.15) is 0 Å². The Bertz CT molecular complexity index is 443. The quantitative estimate of drug-likeness (QED) is 0.744. The van der Waals surface area contributed by atoms with E-state index >= 15 is 0 Å². The van der Waals surface area contributed by atoms with E-state index < -0.39 is 0 Å². The molecule has 5 nitrogen and oxygen atoms in total. The Hall–Kier alpha value is -1.88. The van der Waals surface area contributed by atoms with Crippen molar-refractivity contribution in [1.82, 2.24) is 0 Å². The van der Waals surface area contributed by atoms with Gasteiger partial charge < -0.3 is 15.8 Å². The Kier molecular flexibility index (Phi) is 6.73. The SMILES string of the molecule is CCOC(=O)CCc1ccc(NC(=O)C(C)CN)cc1. The van der Waals surface area contributed by atoms with E-state index in [9.17, 15) is 9.59 Å². The second-order valence-electron chi connectivity index (χ2n) is 4.63. The van der Waals surface area contributed by atoms with Crippen molar-refractivity contribution < 1.29 is 14.3 Å². The molecule has 0 spiro atoms. The summed E-state index contributed by atoms with van der Waals surface area (Å²) in [5.41, 5.74) is 7.20. The number of carbonyl (C=O) groups is 2. The van der Waals surface area contributed by atoms with Gasteiger partial charge in [0, 0.05) is 24.6 Å². The van der Waals surface area contributed by atoms with Gasteiger partial charge in [-0.2, -0.15) is 0 Å². The number of ether oxygens (including phenoxy) is 1. The van der Waals surface area contributed by atoms with E-state index in [1.165, 1.54) is 0 Å². The largest absolute Gasteiger partial charge is 0.466 e. The predicted octanol–water partition coefficient (Wildman–Crippen LogP) is 1.72. The van der Waals surface area contributed by atoms with Crippen molar-refractivity contribution in [3.05, 3.63) is 29.8 Å². The van der Waals surface area contributed by atoms with Gasteiger partial charge in [0.05, 0.1) is 6.61 Å². The first kappa shape index (κ1) is 16.2. The smallest absolute Gasteiger partial charge is 0.306 e. The Balaban J connectivity index is 2.48. The van der Waals surface area contributed by atoms with Crippen LogP contribution < -0.4 is 11.1 Å². The lowest BCUT2D eigenvalue weighted by molar-refractivity contribution is -0.143. The molecule has 0 aromatic heterocycles. The first-order valence-corrected chi connectivity index (χ1v) is 6.82. The first-order valence-electron chi connectivity index (χ1n) is 6.82. The Morgan fingerprint density at radius 3 is 2.50 bits per heavy atom. The maximum absolute atomic E-state index is 11.7. The topological polar surface area (TPSA) is 81.4 Å². The monoisotopic (exact) mass is 278 g/mol. The number of amides is 1. The average Bonchev–Trinajstić information content (AvgIpc) is 2.46. The second-order valence-corrected chi connectivity index (χ2v) is 4.63. The number of hydrogen-bond acceptors (Lipinski definition) is 4. The summed E-state index contributed by atoms with van der Waals surface area (Å²) in [4.78, 5) is 22.9. The maximum atomic E-state index is 11.7. The molecule has 1 aromatic rings. The van der Waals surface area contributed by atoms with Crippen LogP contribution >= 0.6 is 0 Å². The summed E-state index contributed by atoms with van der Waals surface area (Å²) in [6, 6.07) is 7.42. The molecule has 110 valence electrons. The van der Waals surface area contributed by atoms with Gasteiger partial charge in [-0.15, -0.1) is 0 Å². The minimum Gasteiger partial charge on any atom is -0.466 e. The molecular weight excluding hydrogens is 256 g/mol. The Morgan fingerprint density at radius 2 is 1.95 bits per heavy atom. The number of benzene rings is 1. The molecule has 0 aliphatic rings. The molecule has 1 atom stereocenters. The summed E-state index contributed by atoms with van der Waals surface area (Å²) in [6.45, 7) is 4.30. The van der Waals surface area contributed by atoms with Crippen LogP contribution in [-0.4, -0.2) is 25.0 Å². The molecule has 0 aliphatic carbocycles. The van der Waals surface area contributed by atoms with Gasteiger partial charge in [-0.3, -0.25) is 9.59 Å². The van der Waals surface area contributed by atoms with Crippen LogP contribution in [0.2, 0.25) is 0 Å². The summed E-state index contributed by atoms with van der Waals surface area (Å²) in [5.74, 6) is -0.494. The zero-order chi connectivity index (χ0) is 15.0. The summed E-state index contributed by atoms with van der Waals surface area (Å²) in [6.07, 6.45) is 0.996. The summed E-state index contributed by atoms with van der Waals surface area (Å²) in [5, 5.41) is 2.79. The second kappa shape index (κ2) is 8.32. The highest BCUT2D eigenvalue weighted by atomic mass is 16.5. The van der Waals surface area contributed by atoms with E-state index in [-0.39, 0.29) is 17.8 Å². The van der Waals surface area contributed by atoms with E-state index in [0.717, 1.165) is 11.3 Å². The maximum Gasteiger partial charge on any atom is 0.306 e. The average molecular weight is 278 g/mol. The zero-order valence-electron chi connectivity index (χ0n) is 12.0. The van der Waals surface area contributed by atoms with Crippen molar-refractivity contribution in [1.29, 1.82) is 0 Å². The number of anilines is 1. The highest BCUT2D eigenvalue weighted by Gasteiger charge is 2.10. The van der Waals surface area contributed by atoms with E-state index in [1.807, 2.05) is 24.3 Å². The number of carbonyl (C=O) groups excluding carboxylic acids is 2. The predicted molar refractivity (Wildman–Crippen MR) is 78.2 cm³/mol. The minimum atomic E-state index is -0.210. The Morgan fingerprint density at radius 1 is 1.30 bits per heavy atom. The molecule has 0 bridgehead atoms. The van der Waals surface area contributed by atoms with Crippen molar-refractivity contribution in [3.8, 4) is 0 Å². The first-order chi connectivity index (χ1) is 9.56. The molecule has 3 N–H and O–H groups in total. The fourth-order valence-electron chi connectivity index (χ4n) is 1.61. The van der Waals surface area contributed by atoms with Crippen LogP contribution in [0, 0.1) is 5.92 Å². The number of aryl methyl sites for hydroxylation is 1. The molecule has 0 saturated carbocycles. The van der Waals surface area contributed by atoms with Gasteiger partial charge in [-0.1, -0.05) is 19.1 Å². The molecule has 1 aromatic carbocycles. The van der Waals surface area contributed by atoms with Crippen LogP contribution in [0.25, 0.3) is 0 Å². The highest BCUT2D eigenvalue weighted by molar-refractivity contribution is 5.92. The zero-order valence-corrected chi connectivity index (χ0v) is 12.0. The molecule has 0 saturated heterocycles. The summed E-state index contributed by atoms with van der Waals surface area (Å²) in [7, 11) is 0. The van der Waals surface area contributed by atoms with Crippen LogP contribution in [0.3, 0.4) is 0 Å². The Labute approximate surface area is 119 Å². The van der Waals surface area contributed by atoms with Gasteiger partial charge >= 0.3 is 5.97 Å². The van der Waals surface area contributed by atoms with Crippen LogP contribution in [0.15, 0.2) is 24.3 Å². The third-order valence-electron chi connectivity index (χ3n) is 2.95. The lowest BCUT2D eigenvalue weighted by atomic mass is 10.1. The number of hydrogen-bond donors (Lipinski definition) is 2. The molecule has 5 heteroatoms. The van der Waals surface area contributed by atoms with Crippen molar-refractivity contribution in [2.24, 2.45) is 11.7 Å². The van der Waals surface area contributed by atoms with Crippen LogP contribution in [0.1, 0.15) is 25.8 Å². The van der Waals surface area contributed by atoms with Gasteiger partial charge in [0.15, 0.2) is 0 Å². The van der Waals surface area contributed by atoms with Gasteiger partial charge in [-0.05, 0) is 31.0 Å². The normalized spacial score (nSPS) is 11.8. The molecule has 1 unspecified atom stereocenters. The fraction of sp³-hybridized carbons (Fsp3) is 0.467. The van der Waals surface area contributed by atoms with Gasteiger partial charge in [0.2, 0.25) is 5.91 Å². The van der Waals surface area contributed by atoms with E-state index in [4.69, 9.17) is 10.5 Å². The van der Waals surface area contributed by atoms with Crippen LogP contribution in [0.5, 0.6) is 0 Å². The van der Waals surface area contributed by atoms with Crippen LogP contribution in [0.4, 0.5) is 5.69 Å². The lowest BCUT2D eigenvalue weighted by Gasteiger charge is -2.10. The highest BCUT2D eigenvalue weighted by Crippen LogP contribution is 2.12. The molecule has 0 heterocycles.